The molecular formula is C15H19ClN2O2. The molecule has 108 valence electrons. The molecule has 0 aliphatic carbocycles. The Morgan fingerprint density at radius 2 is 2.10 bits per heavy atom. The molecule has 1 aliphatic heterocycles. The van der Waals surface area contributed by atoms with E-state index in [1.54, 1.807) is 6.07 Å². The van der Waals surface area contributed by atoms with Gasteiger partial charge in [0, 0.05) is 10.7 Å². The van der Waals surface area contributed by atoms with E-state index in [0.717, 1.165) is 5.56 Å². The quantitative estimate of drug-likeness (QED) is 0.931. The van der Waals surface area contributed by atoms with Crippen molar-refractivity contribution in [2.45, 2.75) is 33.2 Å². The van der Waals surface area contributed by atoms with Gasteiger partial charge in [0.2, 0.25) is 11.8 Å². The molecule has 0 bridgehead atoms. The Morgan fingerprint density at radius 3 is 2.70 bits per heavy atom. The van der Waals surface area contributed by atoms with E-state index >= 15 is 0 Å². The van der Waals surface area contributed by atoms with E-state index in [4.69, 9.17) is 11.6 Å². The number of rotatable bonds is 3. The first kappa shape index (κ1) is 14.9. The summed E-state index contributed by atoms with van der Waals surface area (Å²) in [5.74, 6) is 0.135. The van der Waals surface area contributed by atoms with Gasteiger partial charge in [0.25, 0.3) is 0 Å². The van der Waals surface area contributed by atoms with E-state index in [1.807, 2.05) is 32.9 Å². The first-order valence-electron chi connectivity index (χ1n) is 6.75. The van der Waals surface area contributed by atoms with Crippen LogP contribution in [0.3, 0.4) is 0 Å². The van der Waals surface area contributed by atoms with Gasteiger partial charge in [-0.15, -0.1) is 0 Å². The third-order valence-electron chi connectivity index (χ3n) is 3.38. The van der Waals surface area contributed by atoms with E-state index in [2.05, 4.69) is 5.32 Å². The zero-order valence-corrected chi connectivity index (χ0v) is 12.7. The van der Waals surface area contributed by atoms with E-state index in [9.17, 15) is 9.59 Å². The third-order valence-corrected chi connectivity index (χ3v) is 3.78. The number of aryl methyl sites for hydroxylation is 1. The summed E-state index contributed by atoms with van der Waals surface area (Å²) in [7, 11) is 0. The first-order chi connectivity index (χ1) is 9.38. The van der Waals surface area contributed by atoms with Crippen LogP contribution in [0.2, 0.25) is 5.02 Å². The molecule has 20 heavy (non-hydrogen) atoms. The summed E-state index contributed by atoms with van der Waals surface area (Å²) in [6.07, 6.45) is 0.640. The van der Waals surface area contributed by atoms with Crippen molar-refractivity contribution in [3.8, 4) is 0 Å². The number of hydrogen-bond donors (Lipinski definition) is 1. The van der Waals surface area contributed by atoms with Gasteiger partial charge in [0.05, 0.1) is 0 Å². The second kappa shape index (κ2) is 5.83. The predicted octanol–water partition coefficient (Wildman–Crippen LogP) is 2.53. The molecule has 2 amide bonds. The lowest BCUT2D eigenvalue weighted by molar-refractivity contribution is -0.131. The summed E-state index contributed by atoms with van der Waals surface area (Å²) in [6, 6.07) is 4.97. The molecule has 0 aromatic heterocycles. The highest BCUT2D eigenvalue weighted by atomic mass is 35.5. The standard InChI is InChI=1S/C15H19ClN2O2/c1-9(2)6-13-15(20)18(8-14(19)17-13)11-5-4-10(3)12(16)7-11/h4-5,7,9,13H,6,8H2,1-3H3,(H,17,19). The van der Waals surface area contributed by atoms with E-state index in [1.165, 1.54) is 4.90 Å². The van der Waals surface area contributed by atoms with Gasteiger partial charge in [-0.1, -0.05) is 31.5 Å². The largest absolute Gasteiger partial charge is 0.343 e. The van der Waals surface area contributed by atoms with Gasteiger partial charge in [-0.2, -0.15) is 0 Å². The monoisotopic (exact) mass is 294 g/mol. The molecule has 1 N–H and O–H groups in total. The molecule has 0 spiro atoms. The molecule has 1 aliphatic rings. The van der Waals surface area contributed by atoms with Gasteiger partial charge < -0.3 is 10.2 Å². The summed E-state index contributed by atoms with van der Waals surface area (Å²) in [5.41, 5.74) is 1.62. The molecule has 1 atom stereocenters. The fourth-order valence-corrected chi connectivity index (χ4v) is 2.49. The Kier molecular flexibility index (Phi) is 4.33. The number of piperazine rings is 1. The lowest BCUT2D eigenvalue weighted by Crippen LogP contribution is -2.58. The van der Waals surface area contributed by atoms with Crippen molar-refractivity contribution in [1.29, 1.82) is 0 Å². The average molecular weight is 295 g/mol. The SMILES string of the molecule is Cc1ccc(N2CC(=O)NC(CC(C)C)C2=O)cc1Cl. The maximum absolute atomic E-state index is 12.5. The Labute approximate surface area is 124 Å². The Morgan fingerprint density at radius 1 is 1.40 bits per heavy atom. The molecule has 0 saturated carbocycles. The van der Waals surface area contributed by atoms with Crippen molar-refractivity contribution in [1.82, 2.24) is 5.32 Å². The van der Waals surface area contributed by atoms with Gasteiger partial charge in [-0.25, -0.2) is 0 Å². The van der Waals surface area contributed by atoms with Crippen LogP contribution >= 0.6 is 11.6 Å². The van der Waals surface area contributed by atoms with Gasteiger partial charge >= 0.3 is 0 Å². The molecule has 1 aromatic rings. The second-order valence-corrected chi connectivity index (χ2v) is 6.01. The highest BCUT2D eigenvalue weighted by Gasteiger charge is 2.33. The number of halogens is 1. The molecule has 5 heteroatoms. The van der Waals surface area contributed by atoms with Crippen LogP contribution in [0.5, 0.6) is 0 Å². The lowest BCUT2D eigenvalue weighted by Gasteiger charge is -2.33. The van der Waals surface area contributed by atoms with Crippen molar-refractivity contribution >= 4 is 29.1 Å². The molecule has 0 radical (unpaired) electrons. The number of nitrogens with one attached hydrogen (secondary N) is 1. The van der Waals surface area contributed by atoms with Crippen LogP contribution in [0.1, 0.15) is 25.8 Å². The number of anilines is 1. The maximum atomic E-state index is 12.5. The van der Waals surface area contributed by atoms with Crippen LogP contribution in [0.25, 0.3) is 0 Å². The number of amides is 2. The van der Waals surface area contributed by atoms with Crippen molar-refractivity contribution in [3.05, 3.63) is 28.8 Å². The molecule has 2 rings (SSSR count). The number of hydrogen-bond acceptors (Lipinski definition) is 2. The Balaban J connectivity index is 2.27. The van der Waals surface area contributed by atoms with Gasteiger partial charge in [-0.05, 0) is 37.0 Å². The number of carbonyl (C=O) groups is 2. The van der Waals surface area contributed by atoms with Crippen LogP contribution < -0.4 is 10.2 Å². The average Bonchev–Trinajstić information content (AvgIpc) is 2.36. The highest BCUT2D eigenvalue weighted by Crippen LogP contribution is 2.25. The summed E-state index contributed by atoms with van der Waals surface area (Å²) < 4.78 is 0. The molecule has 1 aromatic carbocycles. The lowest BCUT2D eigenvalue weighted by atomic mass is 10.0. The predicted molar refractivity (Wildman–Crippen MR) is 79.9 cm³/mol. The summed E-state index contributed by atoms with van der Waals surface area (Å²) in [4.78, 5) is 25.8. The molecular weight excluding hydrogens is 276 g/mol. The Bertz CT molecular complexity index is 543. The van der Waals surface area contributed by atoms with Crippen LogP contribution in [0, 0.1) is 12.8 Å². The number of benzene rings is 1. The minimum Gasteiger partial charge on any atom is -0.343 e. The van der Waals surface area contributed by atoms with E-state index in [0.29, 0.717) is 23.0 Å². The normalized spacial score (nSPS) is 19.4. The molecule has 1 fully saturated rings. The maximum Gasteiger partial charge on any atom is 0.250 e. The second-order valence-electron chi connectivity index (χ2n) is 5.61. The molecule has 1 saturated heterocycles. The van der Waals surface area contributed by atoms with Crippen molar-refractivity contribution in [2.24, 2.45) is 5.92 Å². The number of carbonyl (C=O) groups excluding carboxylic acids is 2. The fraction of sp³-hybridized carbons (Fsp3) is 0.467. The van der Waals surface area contributed by atoms with Gasteiger partial charge in [-0.3, -0.25) is 9.59 Å². The minimum absolute atomic E-state index is 0.0484. The summed E-state index contributed by atoms with van der Waals surface area (Å²) in [5, 5.41) is 3.36. The van der Waals surface area contributed by atoms with Crippen molar-refractivity contribution < 1.29 is 9.59 Å². The molecule has 1 heterocycles. The van der Waals surface area contributed by atoms with Crippen LogP contribution in [-0.4, -0.2) is 24.4 Å². The topological polar surface area (TPSA) is 49.4 Å². The molecule has 1 unspecified atom stereocenters. The van der Waals surface area contributed by atoms with Crippen LogP contribution in [0.15, 0.2) is 18.2 Å². The zero-order valence-electron chi connectivity index (χ0n) is 11.9. The zero-order chi connectivity index (χ0) is 14.9. The summed E-state index contributed by atoms with van der Waals surface area (Å²) in [6.45, 7) is 6.01. The number of nitrogens with zero attached hydrogens (tertiary/aromatic N) is 1. The highest BCUT2D eigenvalue weighted by molar-refractivity contribution is 6.31. The van der Waals surface area contributed by atoms with E-state index < -0.39 is 6.04 Å². The molecule has 4 nitrogen and oxygen atoms in total. The van der Waals surface area contributed by atoms with Crippen molar-refractivity contribution in [3.63, 3.8) is 0 Å². The van der Waals surface area contributed by atoms with Crippen LogP contribution in [0.4, 0.5) is 5.69 Å². The Hall–Kier alpha value is -1.55. The third kappa shape index (κ3) is 3.12. The van der Waals surface area contributed by atoms with Crippen molar-refractivity contribution in [2.75, 3.05) is 11.4 Å². The van der Waals surface area contributed by atoms with Gasteiger partial charge in [0.1, 0.15) is 12.6 Å². The minimum atomic E-state index is -0.448. The first-order valence-corrected chi connectivity index (χ1v) is 7.13. The summed E-state index contributed by atoms with van der Waals surface area (Å²) >= 11 is 6.10. The smallest absolute Gasteiger partial charge is 0.250 e. The van der Waals surface area contributed by atoms with Gasteiger partial charge in [0.15, 0.2) is 0 Å². The van der Waals surface area contributed by atoms with Crippen LogP contribution in [-0.2, 0) is 9.59 Å². The van der Waals surface area contributed by atoms with E-state index in [-0.39, 0.29) is 18.4 Å². The fourth-order valence-electron chi connectivity index (χ4n) is 2.31.